The number of hydrogen-bond donors (Lipinski definition) is 1. The lowest BCUT2D eigenvalue weighted by atomic mass is 10.0. The van der Waals surface area contributed by atoms with Crippen molar-refractivity contribution in [1.29, 1.82) is 0 Å². The third-order valence-electron chi connectivity index (χ3n) is 3.00. The summed E-state index contributed by atoms with van der Waals surface area (Å²) in [5, 5.41) is 9.44. The van der Waals surface area contributed by atoms with Gasteiger partial charge in [0.05, 0.1) is 5.69 Å². The molecule has 15 heavy (non-hydrogen) atoms. The molecule has 1 fully saturated rings. The van der Waals surface area contributed by atoms with Crippen LogP contribution in [0.1, 0.15) is 25.0 Å². The summed E-state index contributed by atoms with van der Waals surface area (Å²) in [7, 11) is 1.77. The van der Waals surface area contributed by atoms with Crippen LogP contribution >= 0.6 is 11.5 Å². The van der Waals surface area contributed by atoms with Gasteiger partial charge in [0.2, 0.25) is 0 Å². The molecule has 5 heteroatoms. The van der Waals surface area contributed by atoms with E-state index in [0.29, 0.717) is 5.41 Å². The summed E-state index contributed by atoms with van der Waals surface area (Å²) in [5.41, 5.74) is 1.56. The second-order valence-corrected chi connectivity index (χ2v) is 4.85. The highest BCUT2D eigenvalue weighted by molar-refractivity contribution is 7.03. The average molecular weight is 227 g/mol. The number of aromatic nitrogens is 2. The Morgan fingerprint density at radius 2 is 2.47 bits per heavy atom. The Balaban J connectivity index is 1.65. The zero-order valence-corrected chi connectivity index (χ0v) is 9.85. The van der Waals surface area contributed by atoms with Gasteiger partial charge in [0.15, 0.2) is 0 Å². The van der Waals surface area contributed by atoms with E-state index >= 15 is 0 Å². The highest BCUT2D eigenvalue weighted by atomic mass is 32.1. The van der Waals surface area contributed by atoms with Crippen LogP contribution in [-0.4, -0.2) is 29.8 Å². The normalized spacial score (nSPS) is 17.9. The molecule has 1 N–H and O–H groups in total. The monoisotopic (exact) mass is 227 g/mol. The molecule has 0 amide bonds. The Bertz CT molecular complexity index is 285. The first kappa shape index (κ1) is 11.0. The standard InChI is InChI=1S/C10H17N3OS/c1-14-5-4-10(2-3-10)8-11-6-9-7-15-13-12-9/h7,11H,2-6,8H2,1H3. The van der Waals surface area contributed by atoms with Crippen molar-refractivity contribution in [3.63, 3.8) is 0 Å². The van der Waals surface area contributed by atoms with E-state index in [4.69, 9.17) is 4.74 Å². The summed E-state index contributed by atoms with van der Waals surface area (Å²) in [6, 6.07) is 0. The van der Waals surface area contributed by atoms with Crippen molar-refractivity contribution in [1.82, 2.24) is 14.9 Å². The summed E-state index contributed by atoms with van der Waals surface area (Å²) in [6.07, 6.45) is 3.84. The highest BCUT2D eigenvalue weighted by Crippen LogP contribution is 2.48. The molecule has 1 aliphatic carbocycles. The maximum Gasteiger partial charge on any atom is 0.0893 e. The molecule has 84 valence electrons. The van der Waals surface area contributed by atoms with E-state index < -0.39 is 0 Å². The van der Waals surface area contributed by atoms with Gasteiger partial charge in [0.1, 0.15) is 0 Å². The first-order chi connectivity index (χ1) is 7.35. The van der Waals surface area contributed by atoms with Gasteiger partial charge < -0.3 is 10.1 Å². The summed E-state index contributed by atoms with van der Waals surface area (Å²) >= 11 is 1.41. The van der Waals surface area contributed by atoms with Crippen LogP contribution in [0, 0.1) is 5.41 Å². The molecule has 0 aliphatic heterocycles. The van der Waals surface area contributed by atoms with Crippen LogP contribution < -0.4 is 5.32 Å². The van der Waals surface area contributed by atoms with Crippen molar-refractivity contribution in [3.8, 4) is 0 Å². The lowest BCUT2D eigenvalue weighted by Gasteiger charge is -2.14. The molecule has 0 aromatic carbocycles. The summed E-state index contributed by atoms with van der Waals surface area (Å²) in [6.45, 7) is 2.79. The molecular formula is C10H17N3OS. The first-order valence-corrected chi connectivity index (χ1v) is 6.14. The highest BCUT2D eigenvalue weighted by Gasteiger charge is 2.41. The van der Waals surface area contributed by atoms with Gasteiger partial charge in [-0.2, -0.15) is 0 Å². The topological polar surface area (TPSA) is 47.0 Å². The van der Waals surface area contributed by atoms with Crippen molar-refractivity contribution in [2.24, 2.45) is 5.41 Å². The molecule has 2 rings (SSSR count). The van der Waals surface area contributed by atoms with Crippen LogP contribution in [0.3, 0.4) is 0 Å². The second kappa shape index (κ2) is 5.01. The first-order valence-electron chi connectivity index (χ1n) is 5.30. The number of nitrogens with zero attached hydrogens (tertiary/aromatic N) is 2. The number of ether oxygens (including phenoxy) is 1. The van der Waals surface area contributed by atoms with Gasteiger partial charge in [-0.1, -0.05) is 4.49 Å². The predicted octanol–water partition coefficient (Wildman–Crippen LogP) is 1.44. The summed E-state index contributed by atoms with van der Waals surface area (Å²) in [5.74, 6) is 0. The van der Waals surface area contributed by atoms with Crippen molar-refractivity contribution in [2.75, 3.05) is 20.3 Å². The van der Waals surface area contributed by atoms with E-state index in [2.05, 4.69) is 14.9 Å². The van der Waals surface area contributed by atoms with E-state index in [-0.39, 0.29) is 0 Å². The Kier molecular flexibility index (Phi) is 3.66. The Morgan fingerprint density at radius 1 is 1.60 bits per heavy atom. The SMILES string of the molecule is COCCC1(CNCc2csnn2)CC1. The fourth-order valence-electron chi connectivity index (χ4n) is 1.73. The molecule has 0 saturated heterocycles. The Morgan fingerprint density at radius 3 is 3.07 bits per heavy atom. The van der Waals surface area contributed by atoms with Crippen molar-refractivity contribution >= 4 is 11.5 Å². The molecule has 0 spiro atoms. The van der Waals surface area contributed by atoms with Crippen LogP contribution in [-0.2, 0) is 11.3 Å². The van der Waals surface area contributed by atoms with Gasteiger partial charge in [0, 0.05) is 32.2 Å². The van der Waals surface area contributed by atoms with Crippen molar-refractivity contribution < 1.29 is 4.74 Å². The number of rotatable bonds is 7. The van der Waals surface area contributed by atoms with E-state index in [0.717, 1.165) is 25.4 Å². The number of nitrogens with one attached hydrogen (secondary N) is 1. The third-order valence-corrected chi connectivity index (χ3v) is 3.56. The minimum absolute atomic E-state index is 0.513. The molecule has 1 heterocycles. The molecule has 1 aromatic rings. The van der Waals surface area contributed by atoms with Crippen LogP contribution in [0.15, 0.2) is 5.38 Å². The zero-order chi connectivity index (χ0) is 10.6. The van der Waals surface area contributed by atoms with Crippen LogP contribution in [0.2, 0.25) is 0 Å². The summed E-state index contributed by atoms with van der Waals surface area (Å²) in [4.78, 5) is 0. The largest absolute Gasteiger partial charge is 0.385 e. The molecule has 1 aromatic heterocycles. The van der Waals surface area contributed by atoms with E-state index in [1.165, 1.54) is 30.8 Å². The van der Waals surface area contributed by atoms with Gasteiger partial charge in [-0.25, -0.2) is 0 Å². The average Bonchev–Trinajstić information content (AvgIpc) is 2.81. The molecule has 1 saturated carbocycles. The minimum Gasteiger partial charge on any atom is -0.385 e. The third kappa shape index (κ3) is 3.22. The fourth-order valence-corrected chi connectivity index (χ4v) is 2.18. The molecular weight excluding hydrogens is 210 g/mol. The molecule has 4 nitrogen and oxygen atoms in total. The number of methoxy groups -OCH3 is 1. The van der Waals surface area contributed by atoms with Gasteiger partial charge in [-0.3, -0.25) is 0 Å². The van der Waals surface area contributed by atoms with Crippen LogP contribution in [0.4, 0.5) is 0 Å². The maximum atomic E-state index is 5.12. The molecule has 0 radical (unpaired) electrons. The summed E-state index contributed by atoms with van der Waals surface area (Å²) < 4.78 is 8.96. The lowest BCUT2D eigenvalue weighted by molar-refractivity contribution is 0.171. The fraction of sp³-hybridized carbons (Fsp3) is 0.800. The smallest absolute Gasteiger partial charge is 0.0893 e. The van der Waals surface area contributed by atoms with Crippen LogP contribution in [0.25, 0.3) is 0 Å². The Hall–Kier alpha value is -0.520. The second-order valence-electron chi connectivity index (χ2n) is 4.24. The van der Waals surface area contributed by atoms with Gasteiger partial charge in [0.25, 0.3) is 0 Å². The molecule has 1 aliphatic rings. The van der Waals surface area contributed by atoms with Gasteiger partial charge in [-0.15, -0.1) is 5.10 Å². The lowest BCUT2D eigenvalue weighted by Crippen LogP contribution is -2.24. The van der Waals surface area contributed by atoms with E-state index in [9.17, 15) is 0 Å². The molecule has 0 bridgehead atoms. The number of hydrogen-bond acceptors (Lipinski definition) is 5. The molecule has 0 unspecified atom stereocenters. The van der Waals surface area contributed by atoms with E-state index in [1.54, 1.807) is 7.11 Å². The van der Waals surface area contributed by atoms with Gasteiger partial charge in [-0.05, 0) is 36.2 Å². The van der Waals surface area contributed by atoms with E-state index in [1.807, 2.05) is 5.38 Å². The minimum atomic E-state index is 0.513. The van der Waals surface area contributed by atoms with Gasteiger partial charge >= 0.3 is 0 Å². The molecule has 0 atom stereocenters. The maximum absolute atomic E-state index is 5.12. The van der Waals surface area contributed by atoms with Crippen molar-refractivity contribution in [3.05, 3.63) is 11.1 Å². The zero-order valence-electron chi connectivity index (χ0n) is 9.03. The van der Waals surface area contributed by atoms with Crippen molar-refractivity contribution in [2.45, 2.75) is 25.8 Å². The quantitative estimate of drug-likeness (QED) is 0.766. The Labute approximate surface area is 94.2 Å². The predicted molar refractivity (Wildman–Crippen MR) is 59.8 cm³/mol. The van der Waals surface area contributed by atoms with Crippen LogP contribution in [0.5, 0.6) is 0 Å².